The van der Waals surface area contributed by atoms with E-state index in [9.17, 15) is 25.2 Å². The molecule has 1 aliphatic rings. The van der Waals surface area contributed by atoms with Gasteiger partial charge in [0.05, 0.1) is 20.9 Å². The first kappa shape index (κ1) is 21.2. The number of anilines is 2. The Balaban J connectivity index is 1.97. The molecule has 0 aliphatic carbocycles. The quantitative estimate of drug-likeness (QED) is 0.296. The number of hydrogen-bond donors (Lipinski definition) is 5. The van der Waals surface area contributed by atoms with E-state index >= 15 is 0 Å². The highest BCUT2D eigenvalue weighted by molar-refractivity contribution is 6.43. The zero-order valence-corrected chi connectivity index (χ0v) is 15.9. The second-order valence-corrected chi connectivity index (χ2v) is 6.78. The molecule has 1 aromatic heterocycles. The van der Waals surface area contributed by atoms with Crippen molar-refractivity contribution in [2.24, 2.45) is 0 Å². The molecule has 0 bridgehead atoms. The molecule has 29 heavy (non-hydrogen) atoms. The van der Waals surface area contributed by atoms with Gasteiger partial charge in [-0.15, -0.1) is 0 Å². The number of aromatic nitrogens is 3. The van der Waals surface area contributed by atoms with Crippen molar-refractivity contribution in [3.63, 3.8) is 0 Å². The van der Waals surface area contributed by atoms with Crippen molar-refractivity contribution < 1.29 is 39.6 Å². The highest BCUT2D eigenvalue weighted by Crippen LogP contribution is 2.34. The van der Waals surface area contributed by atoms with Gasteiger partial charge in [0, 0.05) is 5.56 Å². The summed E-state index contributed by atoms with van der Waals surface area (Å²) in [5.41, 5.74) is 11.8. The summed E-state index contributed by atoms with van der Waals surface area (Å²) in [4.78, 5) is 20.8. The number of carbonyl (C=O) groups excluding carboxylic acids is 1. The van der Waals surface area contributed by atoms with Crippen molar-refractivity contribution in [3.8, 4) is 11.3 Å². The number of nitrogen functional groups attached to an aromatic ring is 2. The van der Waals surface area contributed by atoms with Crippen LogP contribution in [0.15, 0.2) is 18.2 Å². The molecule has 1 fully saturated rings. The van der Waals surface area contributed by atoms with E-state index in [4.69, 9.17) is 44.2 Å². The van der Waals surface area contributed by atoms with Crippen molar-refractivity contribution in [1.82, 2.24) is 10.1 Å². The third-order valence-electron chi connectivity index (χ3n) is 4.08. The Morgan fingerprint density at radius 1 is 1.21 bits per heavy atom. The van der Waals surface area contributed by atoms with Crippen molar-refractivity contribution in [2.45, 2.75) is 30.7 Å². The number of carbonyl (C=O) groups is 1. The highest BCUT2D eigenvalue weighted by atomic mass is 35.5. The van der Waals surface area contributed by atoms with E-state index in [2.05, 4.69) is 10.1 Å². The molecular weight excluding hydrogens is 433 g/mol. The topological polar surface area (TPSA) is 201 Å². The molecule has 0 radical (unpaired) electrons. The predicted octanol–water partition coefficient (Wildman–Crippen LogP) is -3.11. The van der Waals surface area contributed by atoms with Crippen LogP contribution in [0.2, 0.25) is 10.0 Å². The number of rotatable bonds is 4. The monoisotopic (exact) mass is 447 g/mol. The van der Waals surface area contributed by atoms with Crippen LogP contribution in [0.1, 0.15) is 0 Å². The van der Waals surface area contributed by atoms with Gasteiger partial charge in [0.1, 0.15) is 24.4 Å². The lowest BCUT2D eigenvalue weighted by atomic mass is 9.99. The number of benzene rings is 1. The Morgan fingerprint density at radius 2 is 1.90 bits per heavy atom. The number of aliphatic carboxylic acids is 1. The minimum absolute atomic E-state index is 0.00836. The summed E-state index contributed by atoms with van der Waals surface area (Å²) in [5.74, 6) is -2.35. The third-order valence-corrected chi connectivity index (χ3v) is 4.90. The molecule has 2 heterocycles. The van der Waals surface area contributed by atoms with Crippen LogP contribution in [0.3, 0.4) is 0 Å². The van der Waals surface area contributed by atoms with Gasteiger partial charge in [-0.25, -0.2) is 0 Å². The van der Waals surface area contributed by atoms with Crippen LogP contribution in [0.5, 0.6) is 0 Å². The van der Waals surface area contributed by atoms with Crippen molar-refractivity contribution in [1.29, 1.82) is 0 Å². The number of aliphatic hydroxyl groups excluding tert-OH is 3. The van der Waals surface area contributed by atoms with Gasteiger partial charge in [-0.2, -0.15) is 0 Å². The molecule has 12 nitrogen and oxygen atoms in total. The van der Waals surface area contributed by atoms with E-state index in [1.807, 2.05) is 0 Å². The molecule has 0 unspecified atom stereocenters. The molecule has 14 heteroatoms. The molecule has 3 rings (SSSR count). The maximum Gasteiger partial charge on any atom is 0.449 e. The number of carboxylic acid groups (broad SMARTS) is 1. The Bertz CT molecular complexity index is 950. The Kier molecular flexibility index (Phi) is 5.93. The summed E-state index contributed by atoms with van der Waals surface area (Å²) in [6, 6.07) is 4.67. The van der Waals surface area contributed by atoms with Gasteiger partial charge in [0.15, 0.2) is 5.69 Å². The normalized spacial score (nSPS) is 26.9. The highest BCUT2D eigenvalue weighted by Gasteiger charge is 2.47. The first-order valence-electron chi connectivity index (χ1n) is 7.99. The average molecular weight is 448 g/mol. The fourth-order valence-corrected chi connectivity index (χ4v) is 2.99. The minimum atomic E-state index is -1.98. The number of nitrogens with two attached hydrogens (primary N) is 2. The minimum Gasteiger partial charge on any atom is -0.547 e. The molecular formula is C15H15Cl2N5O7. The first-order valence-corrected chi connectivity index (χ1v) is 8.74. The van der Waals surface area contributed by atoms with Gasteiger partial charge < -0.3 is 40.5 Å². The lowest BCUT2D eigenvalue weighted by Gasteiger charge is -2.39. The fraction of sp³-hybridized carbons (Fsp3) is 0.333. The molecule has 2 aromatic rings. The summed E-state index contributed by atoms with van der Waals surface area (Å²) in [5, 5.41) is 45.0. The first-order chi connectivity index (χ1) is 13.6. The van der Waals surface area contributed by atoms with Crippen LogP contribution < -0.4 is 26.3 Å². The van der Waals surface area contributed by atoms with Gasteiger partial charge >= 0.3 is 5.95 Å². The largest absolute Gasteiger partial charge is 0.547 e. The summed E-state index contributed by atoms with van der Waals surface area (Å²) in [6.07, 6.45) is -9.50. The Labute approximate surface area is 172 Å². The van der Waals surface area contributed by atoms with Crippen LogP contribution in [0.25, 0.3) is 11.3 Å². The number of hydrogen-bond acceptors (Lipinski definition) is 11. The third kappa shape index (κ3) is 3.99. The summed E-state index contributed by atoms with van der Waals surface area (Å²) >= 11 is 12.1. The molecule has 0 saturated carbocycles. The number of nitrogens with zero attached hydrogens (tertiary/aromatic N) is 3. The Hall–Kier alpha value is -2.48. The molecule has 1 aromatic carbocycles. The maximum absolute atomic E-state index is 11.1. The zero-order chi connectivity index (χ0) is 21.5. The van der Waals surface area contributed by atoms with Crippen molar-refractivity contribution in [3.05, 3.63) is 28.2 Å². The van der Waals surface area contributed by atoms with Gasteiger partial charge in [-0.05, 0) is 11.1 Å². The molecule has 156 valence electrons. The van der Waals surface area contributed by atoms with E-state index in [0.717, 1.165) is 0 Å². The number of carboxylic acids is 1. The summed E-state index contributed by atoms with van der Waals surface area (Å²) in [6.45, 7) is 0. The van der Waals surface area contributed by atoms with E-state index in [-0.39, 0.29) is 27.1 Å². The molecule has 1 aliphatic heterocycles. The van der Waals surface area contributed by atoms with Gasteiger partial charge in [0.2, 0.25) is 5.82 Å². The molecule has 1 saturated heterocycles. The molecule has 0 spiro atoms. The lowest BCUT2D eigenvalue weighted by molar-refractivity contribution is -0.941. The van der Waals surface area contributed by atoms with Crippen molar-refractivity contribution >= 4 is 40.9 Å². The average Bonchev–Trinajstić information content (AvgIpc) is 2.66. The van der Waals surface area contributed by atoms with Gasteiger partial charge in [-0.1, -0.05) is 40.4 Å². The summed E-state index contributed by atoms with van der Waals surface area (Å²) in [7, 11) is 0. The fourth-order valence-electron chi connectivity index (χ4n) is 2.60. The van der Waals surface area contributed by atoms with Crippen molar-refractivity contribution in [2.75, 3.05) is 11.5 Å². The number of halogens is 2. The van der Waals surface area contributed by atoms with E-state index < -0.39 is 42.6 Å². The number of ether oxygens (including phenoxy) is 1. The lowest BCUT2D eigenvalue weighted by Crippen LogP contribution is -2.67. The number of aliphatic hydroxyl groups is 3. The zero-order valence-electron chi connectivity index (χ0n) is 14.3. The Morgan fingerprint density at radius 3 is 2.55 bits per heavy atom. The van der Waals surface area contributed by atoms with Gasteiger partial charge in [-0.3, -0.25) is 5.73 Å². The van der Waals surface area contributed by atoms with E-state index in [1.165, 1.54) is 6.07 Å². The van der Waals surface area contributed by atoms with Crippen LogP contribution in [0.4, 0.5) is 11.8 Å². The van der Waals surface area contributed by atoms with E-state index in [0.29, 0.717) is 4.85 Å². The second-order valence-electron chi connectivity index (χ2n) is 6.00. The van der Waals surface area contributed by atoms with Crippen LogP contribution in [-0.4, -0.2) is 62.1 Å². The summed E-state index contributed by atoms with van der Waals surface area (Å²) < 4.78 is 4.95. The predicted molar refractivity (Wildman–Crippen MR) is 94.8 cm³/mol. The van der Waals surface area contributed by atoms with E-state index in [1.54, 1.807) is 12.1 Å². The van der Waals surface area contributed by atoms with Crippen LogP contribution in [-0.2, 0) is 9.53 Å². The maximum atomic E-state index is 11.1. The molecule has 5 atom stereocenters. The van der Waals surface area contributed by atoms with Crippen LogP contribution >= 0.6 is 23.2 Å². The van der Waals surface area contributed by atoms with Crippen LogP contribution in [0, 0.1) is 0 Å². The smallest absolute Gasteiger partial charge is 0.449 e. The molecule has 7 N–H and O–H groups in total. The second kappa shape index (κ2) is 8.10. The molecule has 0 amide bonds. The SMILES string of the molecule is Nc1nc(N)[n+](O[C@@H]2O[C@H](C(=O)[O-])[C@@H](O)[C@H](O)[C@H]2O)nc1-c1cccc(Cl)c1Cl. The van der Waals surface area contributed by atoms with Gasteiger partial charge in [0.25, 0.3) is 6.29 Å². The standard InChI is InChI=1S/C15H15Cl2N5O7/c16-5-3-1-2-4(6(5)17)7-12(18)20-15(19)22(21-7)29-14-10(25)8(23)9(24)11(28-14)13(26)27/h1-3,8-11,14,23-25H,(H4,18,19,20,26,27)/t8-,9-,10+,11-,14-/m0/s1.